The molecule has 0 N–H and O–H groups in total. The molecule has 0 bridgehead atoms. The van der Waals surface area contributed by atoms with E-state index in [4.69, 9.17) is 4.74 Å². The van der Waals surface area contributed by atoms with E-state index in [1.165, 1.54) is 6.07 Å². The van der Waals surface area contributed by atoms with E-state index >= 15 is 0 Å². The summed E-state index contributed by atoms with van der Waals surface area (Å²) in [4.78, 5) is 28.1. The lowest BCUT2D eigenvalue weighted by Gasteiger charge is -2.37. The highest BCUT2D eigenvalue weighted by Gasteiger charge is 2.48. The number of hydrogen-bond acceptors (Lipinski definition) is 3. The van der Waals surface area contributed by atoms with E-state index < -0.39 is 17.2 Å². The summed E-state index contributed by atoms with van der Waals surface area (Å²) in [5, 5.41) is 0. The van der Waals surface area contributed by atoms with Crippen LogP contribution >= 0.6 is 0 Å². The third kappa shape index (κ3) is 3.52. The number of amides is 2. The van der Waals surface area contributed by atoms with E-state index in [1.807, 2.05) is 6.92 Å². The Kier molecular flexibility index (Phi) is 5.16. The predicted molar refractivity (Wildman–Crippen MR) is 91.8 cm³/mol. The molecule has 0 aromatic heterocycles. The van der Waals surface area contributed by atoms with Gasteiger partial charge in [-0.3, -0.25) is 4.79 Å². The van der Waals surface area contributed by atoms with Gasteiger partial charge in [0.1, 0.15) is 5.60 Å². The van der Waals surface area contributed by atoms with Crippen LogP contribution in [-0.4, -0.2) is 53.1 Å². The van der Waals surface area contributed by atoms with Crippen molar-refractivity contribution in [2.45, 2.75) is 51.2 Å². The van der Waals surface area contributed by atoms with E-state index in [0.717, 1.165) is 25.0 Å². The maximum absolute atomic E-state index is 13.4. The SMILES string of the molecule is CCC[C@@H](C)N1CC2(CCN(C(=O)c3ccc(F)c(F)c3)CC2)OC1=O. The molecule has 0 saturated carbocycles. The molecular formula is C19H24F2N2O3. The monoisotopic (exact) mass is 366 g/mol. The number of piperidine rings is 1. The molecule has 0 unspecified atom stereocenters. The average molecular weight is 366 g/mol. The molecule has 0 radical (unpaired) electrons. The van der Waals surface area contributed by atoms with Crippen molar-refractivity contribution >= 4 is 12.0 Å². The maximum Gasteiger partial charge on any atom is 0.410 e. The zero-order chi connectivity index (χ0) is 18.9. The van der Waals surface area contributed by atoms with Gasteiger partial charge in [0.15, 0.2) is 11.6 Å². The smallest absolute Gasteiger partial charge is 0.410 e. The Balaban J connectivity index is 1.63. The van der Waals surface area contributed by atoms with Gasteiger partial charge in [0.25, 0.3) is 5.91 Å². The lowest BCUT2D eigenvalue weighted by atomic mass is 9.90. The van der Waals surface area contributed by atoms with Gasteiger partial charge in [-0.15, -0.1) is 0 Å². The summed E-state index contributed by atoms with van der Waals surface area (Å²) in [6.45, 7) is 5.48. The van der Waals surface area contributed by atoms with E-state index in [9.17, 15) is 18.4 Å². The summed E-state index contributed by atoms with van der Waals surface area (Å²) in [6.07, 6.45) is 2.72. The minimum atomic E-state index is -1.03. The Morgan fingerprint density at radius 2 is 1.96 bits per heavy atom. The average Bonchev–Trinajstić information content (AvgIpc) is 2.94. The Hall–Kier alpha value is -2.18. The Bertz CT molecular complexity index is 702. The molecule has 7 heteroatoms. The Labute approximate surface area is 151 Å². The van der Waals surface area contributed by atoms with Gasteiger partial charge in [-0.1, -0.05) is 13.3 Å². The van der Waals surface area contributed by atoms with E-state index in [0.29, 0.717) is 32.5 Å². The van der Waals surface area contributed by atoms with Crippen LogP contribution in [0, 0.1) is 11.6 Å². The molecule has 2 amide bonds. The normalized spacial score (nSPS) is 20.4. The predicted octanol–water partition coefficient (Wildman–Crippen LogP) is 3.58. The molecule has 1 spiro atoms. The fourth-order valence-electron chi connectivity index (χ4n) is 3.75. The van der Waals surface area contributed by atoms with Crippen molar-refractivity contribution in [3.8, 4) is 0 Å². The fourth-order valence-corrected chi connectivity index (χ4v) is 3.75. The van der Waals surface area contributed by atoms with Crippen LogP contribution in [0.1, 0.15) is 49.9 Å². The van der Waals surface area contributed by atoms with Crippen LogP contribution in [0.15, 0.2) is 18.2 Å². The molecule has 2 aliphatic rings. The summed E-state index contributed by atoms with van der Waals surface area (Å²) in [6, 6.07) is 3.30. The minimum absolute atomic E-state index is 0.126. The number of carbonyl (C=O) groups is 2. The molecule has 26 heavy (non-hydrogen) atoms. The number of carbonyl (C=O) groups excluding carboxylic acids is 2. The van der Waals surface area contributed by atoms with Crippen molar-refractivity contribution in [3.05, 3.63) is 35.4 Å². The lowest BCUT2D eigenvalue weighted by molar-refractivity contribution is 0.00305. The molecule has 142 valence electrons. The molecule has 1 atom stereocenters. The van der Waals surface area contributed by atoms with Gasteiger partial charge >= 0.3 is 6.09 Å². The van der Waals surface area contributed by atoms with Crippen LogP contribution in [0.2, 0.25) is 0 Å². The minimum Gasteiger partial charge on any atom is -0.441 e. The first-order valence-electron chi connectivity index (χ1n) is 9.09. The van der Waals surface area contributed by atoms with Crippen LogP contribution in [0.3, 0.4) is 0 Å². The van der Waals surface area contributed by atoms with Gasteiger partial charge in [-0.2, -0.15) is 0 Å². The third-order valence-electron chi connectivity index (χ3n) is 5.36. The zero-order valence-electron chi connectivity index (χ0n) is 15.1. The highest BCUT2D eigenvalue weighted by Crippen LogP contribution is 2.35. The van der Waals surface area contributed by atoms with Gasteiger partial charge in [0.2, 0.25) is 0 Å². The van der Waals surface area contributed by atoms with Crippen LogP contribution in [-0.2, 0) is 4.74 Å². The van der Waals surface area contributed by atoms with E-state index in [-0.39, 0.29) is 23.6 Å². The second-order valence-corrected chi connectivity index (χ2v) is 7.24. The summed E-state index contributed by atoms with van der Waals surface area (Å²) in [7, 11) is 0. The Morgan fingerprint density at radius 3 is 2.58 bits per heavy atom. The van der Waals surface area contributed by atoms with Crippen molar-refractivity contribution in [3.63, 3.8) is 0 Å². The quantitative estimate of drug-likeness (QED) is 0.818. The van der Waals surface area contributed by atoms with Gasteiger partial charge in [-0.05, 0) is 31.5 Å². The van der Waals surface area contributed by atoms with Crippen molar-refractivity contribution in [1.82, 2.24) is 9.80 Å². The van der Waals surface area contributed by atoms with Gasteiger partial charge < -0.3 is 14.5 Å². The first kappa shape index (κ1) is 18.6. The van der Waals surface area contributed by atoms with Gasteiger partial charge in [0.05, 0.1) is 6.54 Å². The number of rotatable bonds is 4. The molecule has 2 saturated heterocycles. The van der Waals surface area contributed by atoms with E-state index in [1.54, 1.807) is 9.80 Å². The summed E-state index contributed by atoms with van der Waals surface area (Å²) < 4.78 is 32.1. The second-order valence-electron chi connectivity index (χ2n) is 7.24. The standard InChI is InChI=1S/C19H24F2N2O3/c1-3-4-13(2)23-12-19(26-18(23)25)7-9-22(10-8-19)17(24)14-5-6-15(20)16(21)11-14/h5-6,11,13H,3-4,7-10,12H2,1-2H3/t13-/m1/s1. The number of halogens is 2. The van der Waals surface area contributed by atoms with Gasteiger partial charge in [0, 0.05) is 37.5 Å². The van der Waals surface area contributed by atoms with Crippen LogP contribution in [0.4, 0.5) is 13.6 Å². The van der Waals surface area contributed by atoms with Crippen LogP contribution < -0.4 is 0 Å². The highest BCUT2D eigenvalue weighted by molar-refractivity contribution is 5.94. The first-order chi connectivity index (χ1) is 12.3. The van der Waals surface area contributed by atoms with E-state index in [2.05, 4.69) is 6.92 Å². The zero-order valence-corrected chi connectivity index (χ0v) is 15.1. The third-order valence-corrected chi connectivity index (χ3v) is 5.36. The maximum atomic E-state index is 13.4. The number of benzene rings is 1. The molecule has 3 rings (SSSR count). The van der Waals surface area contributed by atoms with Crippen molar-refractivity contribution in [2.24, 2.45) is 0 Å². The van der Waals surface area contributed by atoms with Gasteiger partial charge in [-0.25, -0.2) is 13.6 Å². The molecule has 0 aliphatic carbocycles. The van der Waals surface area contributed by atoms with Crippen LogP contribution in [0.5, 0.6) is 0 Å². The largest absolute Gasteiger partial charge is 0.441 e. The molecular weight excluding hydrogens is 342 g/mol. The number of nitrogens with zero attached hydrogens (tertiary/aromatic N) is 2. The summed E-state index contributed by atoms with van der Waals surface area (Å²) in [5.41, 5.74) is -0.425. The summed E-state index contributed by atoms with van der Waals surface area (Å²) in [5.74, 6) is -2.34. The lowest BCUT2D eigenvalue weighted by Crippen LogP contribution is -2.49. The number of hydrogen-bond donors (Lipinski definition) is 0. The molecule has 1 aromatic carbocycles. The molecule has 5 nitrogen and oxygen atoms in total. The molecule has 1 aromatic rings. The van der Waals surface area contributed by atoms with Crippen molar-refractivity contribution in [1.29, 1.82) is 0 Å². The number of likely N-dealkylation sites (tertiary alicyclic amines) is 1. The topological polar surface area (TPSA) is 49.9 Å². The van der Waals surface area contributed by atoms with Crippen molar-refractivity contribution < 1.29 is 23.1 Å². The molecule has 2 fully saturated rings. The molecule has 2 aliphatic heterocycles. The number of ether oxygens (including phenoxy) is 1. The Morgan fingerprint density at radius 1 is 1.27 bits per heavy atom. The fraction of sp³-hybridized carbons (Fsp3) is 0.579. The second kappa shape index (κ2) is 7.21. The van der Waals surface area contributed by atoms with Crippen LogP contribution in [0.25, 0.3) is 0 Å². The first-order valence-corrected chi connectivity index (χ1v) is 9.09. The molecule has 2 heterocycles. The highest BCUT2D eigenvalue weighted by atomic mass is 19.2. The summed E-state index contributed by atoms with van der Waals surface area (Å²) >= 11 is 0. The van der Waals surface area contributed by atoms with Crippen molar-refractivity contribution in [2.75, 3.05) is 19.6 Å².